The molecule has 1 saturated carbocycles. The van der Waals surface area contributed by atoms with Crippen molar-refractivity contribution in [2.75, 3.05) is 26.0 Å². The first-order chi connectivity index (χ1) is 9.66. The standard InChI is InChI=1S/C16H24N2O2/c1-20-12-10-16(8-2-9-16)15(19)18-11-7-13-3-5-14(17)6-4-13/h3-6H,2,7-12,17H2,1H3,(H,18,19). The molecule has 1 aliphatic rings. The smallest absolute Gasteiger partial charge is 0.226 e. The Morgan fingerprint density at radius 1 is 1.35 bits per heavy atom. The first-order valence-corrected chi connectivity index (χ1v) is 7.28. The maximum atomic E-state index is 12.3. The van der Waals surface area contributed by atoms with Gasteiger partial charge in [-0.05, 0) is 43.4 Å². The highest BCUT2D eigenvalue weighted by atomic mass is 16.5. The fourth-order valence-electron chi connectivity index (χ4n) is 2.68. The molecule has 1 amide bonds. The zero-order chi connectivity index (χ0) is 14.4. The van der Waals surface area contributed by atoms with Crippen LogP contribution in [0.5, 0.6) is 0 Å². The van der Waals surface area contributed by atoms with Gasteiger partial charge in [0, 0.05) is 25.9 Å². The molecule has 4 heteroatoms. The number of anilines is 1. The Morgan fingerprint density at radius 2 is 2.05 bits per heavy atom. The van der Waals surface area contributed by atoms with Gasteiger partial charge in [0.2, 0.25) is 5.91 Å². The molecule has 2 rings (SSSR count). The molecule has 0 saturated heterocycles. The van der Waals surface area contributed by atoms with E-state index in [2.05, 4.69) is 5.32 Å². The van der Waals surface area contributed by atoms with Gasteiger partial charge in [0.05, 0.1) is 5.41 Å². The van der Waals surface area contributed by atoms with E-state index in [0.717, 1.165) is 37.8 Å². The first kappa shape index (κ1) is 14.9. The summed E-state index contributed by atoms with van der Waals surface area (Å²) < 4.78 is 5.12. The largest absolute Gasteiger partial charge is 0.399 e. The second-order valence-electron chi connectivity index (χ2n) is 5.62. The normalized spacial score (nSPS) is 16.4. The average Bonchev–Trinajstić information content (AvgIpc) is 2.40. The Morgan fingerprint density at radius 3 is 2.60 bits per heavy atom. The van der Waals surface area contributed by atoms with Crippen LogP contribution in [0.1, 0.15) is 31.2 Å². The highest BCUT2D eigenvalue weighted by molar-refractivity contribution is 5.83. The van der Waals surface area contributed by atoms with Crippen molar-refractivity contribution in [2.45, 2.75) is 32.1 Å². The molecule has 4 nitrogen and oxygen atoms in total. The van der Waals surface area contributed by atoms with Gasteiger partial charge in [-0.3, -0.25) is 4.79 Å². The van der Waals surface area contributed by atoms with Gasteiger partial charge < -0.3 is 15.8 Å². The van der Waals surface area contributed by atoms with Gasteiger partial charge in [0.1, 0.15) is 0 Å². The fraction of sp³-hybridized carbons (Fsp3) is 0.562. The van der Waals surface area contributed by atoms with Crippen molar-refractivity contribution in [1.82, 2.24) is 5.32 Å². The van der Waals surface area contributed by atoms with Crippen molar-refractivity contribution < 1.29 is 9.53 Å². The molecule has 0 aromatic heterocycles. The lowest BCUT2D eigenvalue weighted by atomic mass is 9.66. The van der Waals surface area contributed by atoms with E-state index in [1.165, 1.54) is 5.56 Å². The van der Waals surface area contributed by atoms with Crippen LogP contribution >= 0.6 is 0 Å². The third-order valence-corrected chi connectivity index (χ3v) is 4.26. The minimum Gasteiger partial charge on any atom is -0.399 e. The number of carbonyl (C=O) groups is 1. The first-order valence-electron chi connectivity index (χ1n) is 7.28. The minimum absolute atomic E-state index is 0.170. The van der Waals surface area contributed by atoms with Crippen LogP contribution in [0.4, 0.5) is 5.69 Å². The molecule has 20 heavy (non-hydrogen) atoms. The van der Waals surface area contributed by atoms with Crippen LogP contribution in [0, 0.1) is 5.41 Å². The number of nitrogens with two attached hydrogens (primary N) is 1. The number of methoxy groups -OCH3 is 1. The monoisotopic (exact) mass is 276 g/mol. The Kier molecular flexibility index (Phi) is 5.01. The van der Waals surface area contributed by atoms with Gasteiger partial charge in [-0.15, -0.1) is 0 Å². The summed E-state index contributed by atoms with van der Waals surface area (Å²) >= 11 is 0. The van der Waals surface area contributed by atoms with Gasteiger partial charge in [-0.1, -0.05) is 18.6 Å². The third kappa shape index (κ3) is 3.51. The molecule has 1 aromatic carbocycles. The van der Waals surface area contributed by atoms with Crippen LogP contribution in [-0.4, -0.2) is 26.2 Å². The minimum atomic E-state index is -0.170. The molecule has 0 spiro atoms. The molecule has 0 atom stereocenters. The van der Waals surface area contributed by atoms with Crippen molar-refractivity contribution in [3.8, 4) is 0 Å². The van der Waals surface area contributed by atoms with E-state index in [1.54, 1.807) is 7.11 Å². The lowest BCUT2D eigenvalue weighted by molar-refractivity contribution is -0.137. The number of benzene rings is 1. The quantitative estimate of drug-likeness (QED) is 0.750. The van der Waals surface area contributed by atoms with Crippen LogP contribution in [0.3, 0.4) is 0 Å². The number of hydrogen-bond acceptors (Lipinski definition) is 3. The van der Waals surface area contributed by atoms with Gasteiger partial charge >= 0.3 is 0 Å². The average molecular weight is 276 g/mol. The topological polar surface area (TPSA) is 64.3 Å². The van der Waals surface area contributed by atoms with Crippen molar-refractivity contribution in [3.05, 3.63) is 29.8 Å². The van der Waals surface area contributed by atoms with E-state index in [0.29, 0.717) is 13.2 Å². The van der Waals surface area contributed by atoms with E-state index in [9.17, 15) is 4.79 Å². The highest BCUT2D eigenvalue weighted by Gasteiger charge is 2.43. The number of amides is 1. The molecular formula is C16H24N2O2. The Bertz CT molecular complexity index is 438. The second kappa shape index (κ2) is 6.75. The fourth-order valence-corrected chi connectivity index (χ4v) is 2.68. The molecule has 1 aliphatic carbocycles. The van der Waals surface area contributed by atoms with Crippen LogP contribution < -0.4 is 11.1 Å². The van der Waals surface area contributed by atoms with Crippen LogP contribution in [0.25, 0.3) is 0 Å². The Labute approximate surface area is 120 Å². The maximum Gasteiger partial charge on any atom is 0.226 e. The molecule has 0 bridgehead atoms. The van der Waals surface area contributed by atoms with Crippen molar-refractivity contribution in [3.63, 3.8) is 0 Å². The van der Waals surface area contributed by atoms with Crippen LogP contribution in [-0.2, 0) is 16.0 Å². The summed E-state index contributed by atoms with van der Waals surface area (Å²) in [5, 5.41) is 3.07. The molecule has 1 fully saturated rings. The predicted octanol–water partition coefficient (Wildman–Crippen LogP) is 2.13. The lowest BCUT2D eigenvalue weighted by Gasteiger charge is -2.40. The zero-order valence-electron chi connectivity index (χ0n) is 12.2. The second-order valence-corrected chi connectivity index (χ2v) is 5.62. The lowest BCUT2D eigenvalue weighted by Crippen LogP contribution is -2.46. The summed E-state index contributed by atoms with van der Waals surface area (Å²) in [5.41, 5.74) is 7.44. The summed E-state index contributed by atoms with van der Waals surface area (Å²) in [6, 6.07) is 7.80. The Hall–Kier alpha value is -1.55. The number of nitrogens with one attached hydrogen (secondary N) is 1. The van der Waals surface area contributed by atoms with Crippen LogP contribution in [0.15, 0.2) is 24.3 Å². The summed E-state index contributed by atoms with van der Waals surface area (Å²) in [5.74, 6) is 0.191. The maximum absolute atomic E-state index is 12.3. The van der Waals surface area contributed by atoms with Gasteiger partial charge in [0.25, 0.3) is 0 Å². The molecule has 3 N–H and O–H groups in total. The number of nitrogen functional groups attached to an aromatic ring is 1. The highest BCUT2D eigenvalue weighted by Crippen LogP contribution is 2.44. The molecule has 1 aromatic rings. The molecule has 0 radical (unpaired) electrons. The summed E-state index contributed by atoms with van der Waals surface area (Å²) in [4.78, 5) is 12.3. The molecule has 0 unspecified atom stereocenters. The molecule has 110 valence electrons. The molecular weight excluding hydrogens is 252 g/mol. The molecule has 0 aliphatic heterocycles. The van der Waals surface area contributed by atoms with Crippen LogP contribution in [0.2, 0.25) is 0 Å². The van der Waals surface area contributed by atoms with Crippen molar-refractivity contribution in [2.24, 2.45) is 5.41 Å². The van der Waals surface area contributed by atoms with Gasteiger partial charge in [-0.25, -0.2) is 0 Å². The number of rotatable bonds is 7. The van der Waals surface area contributed by atoms with Gasteiger partial charge in [0.15, 0.2) is 0 Å². The van der Waals surface area contributed by atoms with E-state index >= 15 is 0 Å². The predicted molar refractivity (Wildman–Crippen MR) is 80.3 cm³/mol. The number of ether oxygens (including phenoxy) is 1. The van der Waals surface area contributed by atoms with Crippen molar-refractivity contribution >= 4 is 11.6 Å². The van der Waals surface area contributed by atoms with Crippen molar-refractivity contribution in [1.29, 1.82) is 0 Å². The summed E-state index contributed by atoms with van der Waals surface area (Å²) in [7, 11) is 1.69. The number of carbonyl (C=O) groups excluding carboxylic acids is 1. The Balaban J connectivity index is 1.78. The summed E-state index contributed by atoms with van der Waals surface area (Å²) in [6.07, 6.45) is 4.80. The van der Waals surface area contributed by atoms with E-state index in [-0.39, 0.29) is 11.3 Å². The van der Waals surface area contributed by atoms with E-state index in [4.69, 9.17) is 10.5 Å². The van der Waals surface area contributed by atoms with E-state index < -0.39 is 0 Å². The van der Waals surface area contributed by atoms with Gasteiger partial charge in [-0.2, -0.15) is 0 Å². The molecule has 0 heterocycles. The summed E-state index contributed by atoms with van der Waals surface area (Å²) in [6.45, 7) is 1.34. The van der Waals surface area contributed by atoms with E-state index in [1.807, 2.05) is 24.3 Å². The SMILES string of the molecule is COCCC1(C(=O)NCCc2ccc(N)cc2)CCC1. The number of hydrogen-bond donors (Lipinski definition) is 2. The zero-order valence-corrected chi connectivity index (χ0v) is 12.2. The third-order valence-electron chi connectivity index (χ3n) is 4.26.